The highest BCUT2D eigenvalue weighted by Crippen LogP contribution is 2.10. The van der Waals surface area contributed by atoms with Crippen LogP contribution in [0.25, 0.3) is 0 Å². The summed E-state index contributed by atoms with van der Waals surface area (Å²) in [5.74, 6) is -0.0596. The van der Waals surface area contributed by atoms with Gasteiger partial charge in [0.2, 0.25) is 15.9 Å². The van der Waals surface area contributed by atoms with E-state index in [1.165, 1.54) is 12.1 Å². The van der Waals surface area contributed by atoms with Crippen molar-refractivity contribution < 1.29 is 13.2 Å². The van der Waals surface area contributed by atoms with Crippen LogP contribution in [-0.4, -0.2) is 44.3 Å². The van der Waals surface area contributed by atoms with Gasteiger partial charge in [-0.15, -0.1) is 11.3 Å². The van der Waals surface area contributed by atoms with Crippen LogP contribution >= 0.6 is 11.3 Å². The van der Waals surface area contributed by atoms with Crippen molar-refractivity contribution in [2.45, 2.75) is 24.8 Å². The molecule has 0 bridgehead atoms. The number of nitrogens with two attached hydrogens (primary N) is 1. The van der Waals surface area contributed by atoms with Crippen molar-refractivity contribution in [1.29, 1.82) is 0 Å². The second-order valence-electron chi connectivity index (χ2n) is 5.82. The van der Waals surface area contributed by atoms with Gasteiger partial charge in [0.15, 0.2) is 0 Å². The molecule has 3 N–H and O–H groups in total. The summed E-state index contributed by atoms with van der Waals surface area (Å²) in [5, 5.41) is 10.9. The molecule has 0 fully saturated rings. The molecule has 1 heterocycles. The number of sulfonamides is 1. The van der Waals surface area contributed by atoms with Gasteiger partial charge in [-0.2, -0.15) is 0 Å². The number of hydrogen-bond acceptors (Lipinski definition) is 6. The van der Waals surface area contributed by atoms with Crippen LogP contribution in [0.4, 0.5) is 0 Å². The van der Waals surface area contributed by atoms with Crippen molar-refractivity contribution >= 4 is 27.3 Å². The van der Waals surface area contributed by atoms with Crippen LogP contribution in [0.1, 0.15) is 16.3 Å². The predicted octanol–water partition coefficient (Wildman–Crippen LogP) is 0.890. The SMILES string of the molecule is Cc1nc(CN(C)CC(=O)NCCc2ccc(S(N)(=O)=O)cc2)cs1. The molecule has 0 saturated heterocycles. The quantitative estimate of drug-likeness (QED) is 0.705. The average molecular weight is 383 g/mol. The van der Waals surface area contributed by atoms with Gasteiger partial charge < -0.3 is 5.32 Å². The molecular weight excluding hydrogens is 360 g/mol. The molecule has 7 nitrogen and oxygen atoms in total. The molecule has 0 aliphatic heterocycles. The summed E-state index contributed by atoms with van der Waals surface area (Å²) in [6, 6.07) is 6.33. The lowest BCUT2D eigenvalue weighted by atomic mass is 10.1. The number of amides is 1. The molecule has 0 radical (unpaired) electrons. The third-order valence-corrected chi connectivity index (χ3v) is 5.25. The van der Waals surface area contributed by atoms with E-state index in [9.17, 15) is 13.2 Å². The summed E-state index contributed by atoms with van der Waals surface area (Å²) >= 11 is 1.60. The molecular formula is C16H22N4O3S2. The van der Waals surface area contributed by atoms with E-state index >= 15 is 0 Å². The van der Waals surface area contributed by atoms with Gasteiger partial charge in [-0.1, -0.05) is 12.1 Å². The first-order valence-corrected chi connectivity index (χ1v) is 10.1. The Morgan fingerprint density at radius 1 is 1.32 bits per heavy atom. The van der Waals surface area contributed by atoms with E-state index in [0.717, 1.165) is 16.3 Å². The van der Waals surface area contributed by atoms with Gasteiger partial charge in [0, 0.05) is 18.5 Å². The molecule has 2 rings (SSSR count). The number of rotatable bonds is 8. The number of primary sulfonamides is 1. The summed E-state index contributed by atoms with van der Waals surface area (Å²) in [5.41, 5.74) is 1.90. The number of aryl methyl sites for hydroxylation is 1. The molecule has 0 aliphatic carbocycles. The summed E-state index contributed by atoms with van der Waals surface area (Å²) in [6.45, 7) is 3.36. The van der Waals surface area contributed by atoms with Gasteiger partial charge in [0.1, 0.15) is 0 Å². The summed E-state index contributed by atoms with van der Waals surface area (Å²) in [7, 11) is -1.80. The number of hydrogen-bond donors (Lipinski definition) is 2. The molecule has 1 aromatic carbocycles. The largest absolute Gasteiger partial charge is 0.355 e. The molecule has 0 spiro atoms. The fraction of sp³-hybridized carbons (Fsp3) is 0.375. The van der Waals surface area contributed by atoms with E-state index in [1.807, 2.05) is 24.3 Å². The second kappa shape index (κ2) is 8.52. The van der Waals surface area contributed by atoms with Gasteiger partial charge in [-0.25, -0.2) is 18.5 Å². The maximum Gasteiger partial charge on any atom is 0.238 e. The minimum absolute atomic E-state index is 0.0596. The standard InChI is InChI=1S/C16H22N4O3S2/c1-12-19-14(11-24-12)9-20(2)10-16(21)18-8-7-13-3-5-15(6-4-13)25(17,22)23/h3-6,11H,7-10H2,1-2H3,(H,18,21)(H2,17,22,23). The number of thiazole rings is 1. The zero-order chi connectivity index (χ0) is 18.4. The highest BCUT2D eigenvalue weighted by molar-refractivity contribution is 7.89. The molecule has 0 aliphatic rings. The lowest BCUT2D eigenvalue weighted by molar-refractivity contribution is -0.122. The molecule has 136 valence electrons. The Bertz CT molecular complexity index is 816. The Morgan fingerprint density at radius 3 is 2.56 bits per heavy atom. The number of carbonyl (C=O) groups excluding carboxylic acids is 1. The van der Waals surface area contributed by atoms with Crippen LogP contribution in [0.3, 0.4) is 0 Å². The Morgan fingerprint density at radius 2 is 2.00 bits per heavy atom. The van der Waals surface area contributed by atoms with Crippen molar-refractivity contribution in [2.75, 3.05) is 20.1 Å². The van der Waals surface area contributed by atoms with Crippen molar-refractivity contribution in [3.63, 3.8) is 0 Å². The molecule has 25 heavy (non-hydrogen) atoms. The first-order valence-electron chi connectivity index (χ1n) is 7.72. The van der Waals surface area contributed by atoms with E-state index in [1.54, 1.807) is 23.5 Å². The van der Waals surface area contributed by atoms with Crippen LogP contribution in [-0.2, 0) is 27.8 Å². The lowest BCUT2D eigenvalue weighted by Crippen LogP contribution is -2.35. The topological polar surface area (TPSA) is 105 Å². The van der Waals surface area contributed by atoms with Gasteiger partial charge in [-0.3, -0.25) is 9.69 Å². The second-order valence-corrected chi connectivity index (χ2v) is 8.44. The Hall–Kier alpha value is -1.81. The van der Waals surface area contributed by atoms with Crippen LogP contribution in [0.2, 0.25) is 0 Å². The van der Waals surface area contributed by atoms with Crippen LogP contribution in [0.5, 0.6) is 0 Å². The van der Waals surface area contributed by atoms with E-state index in [2.05, 4.69) is 10.3 Å². The third-order valence-electron chi connectivity index (χ3n) is 3.50. The number of nitrogens with one attached hydrogen (secondary N) is 1. The van der Waals surface area contributed by atoms with Gasteiger partial charge in [0.05, 0.1) is 22.1 Å². The Kier molecular flexibility index (Phi) is 6.65. The van der Waals surface area contributed by atoms with Gasteiger partial charge in [-0.05, 0) is 38.1 Å². The molecule has 1 aromatic heterocycles. The van der Waals surface area contributed by atoms with E-state index < -0.39 is 10.0 Å². The third kappa shape index (κ3) is 6.54. The monoisotopic (exact) mass is 382 g/mol. The van der Waals surface area contributed by atoms with Crippen LogP contribution in [0, 0.1) is 6.92 Å². The van der Waals surface area contributed by atoms with E-state index in [4.69, 9.17) is 5.14 Å². The number of carbonyl (C=O) groups is 1. The predicted molar refractivity (Wildman–Crippen MR) is 97.7 cm³/mol. The van der Waals surface area contributed by atoms with Crippen molar-refractivity contribution in [3.8, 4) is 0 Å². The van der Waals surface area contributed by atoms with Crippen LogP contribution in [0.15, 0.2) is 34.5 Å². The summed E-state index contributed by atoms with van der Waals surface area (Å²) in [6.07, 6.45) is 0.617. The fourth-order valence-electron chi connectivity index (χ4n) is 2.31. The summed E-state index contributed by atoms with van der Waals surface area (Å²) < 4.78 is 22.4. The Labute approximate surface area is 151 Å². The van der Waals surface area contributed by atoms with Crippen molar-refractivity contribution in [3.05, 3.63) is 45.9 Å². The summed E-state index contributed by atoms with van der Waals surface area (Å²) in [4.78, 5) is 18.3. The molecule has 9 heteroatoms. The van der Waals surface area contributed by atoms with Crippen molar-refractivity contribution in [1.82, 2.24) is 15.2 Å². The molecule has 0 saturated carbocycles. The van der Waals surface area contributed by atoms with Crippen LogP contribution < -0.4 is 10.5 Å². The highest BCUT2D eigenvalue weighted by atomic mass is 32.2. The first-order chi connectivity index (χ1) is 11.7. The lowest BCUT2D eigenvalue weighted by Gasteiger charge is -2.15. The fourth-order valence-corrected chi connectivity index (χ4v) is 3.43. The zero-order valence-electron chi connectivity index (χ0n) is 14.2. The molecule has 0 atom stereocenters. The highest BCUT2D eigenvalue weighted by Gasteiger charge is 2.09. The minimum atomic E-state index is -3.67. The molecule has 1 amide bonds. The zero-order valence-corrected chi connectivity index (χ0v) is 15.9. The smallest absolute Gasteiger partial charge is 0.238 e. The Balaban J connectivity index is 1.73. The van der Waals surface area contributed by atoms with E-state index in [-0.39, 0.29) is 10.8 Å². The molecule has 0 unspecified atom stereocenters. The maximum absolute atomic E-state index is 12.0. The molecule has 2 aromatic rings. The maximum atomic E-state index is 12.0. The van der Waals surface area contributed by atoms with Gasteiger partial charge in [0.25, 0.3) is 0 Å². The van der Waals surface area contributed by atoms with E-state index in [0.29, 0.717) is 26.1 Å². The average Bonchev–Trinajstić information content (AvgIpc) is 2.91. The number of benzene rings is 1. The van der Waals surface area contributed by atoms with Gasteiger partial charge >= 0.3 is 0 Å². The normalized spacial score (nSPS) is 11.7. The van der Waals surface area contributed by atoms with Crippen molar-refractivity contribution in [2.24, 2.45) is 5.14 Å². The number of nitrogens with zero attached hydrogens (tertiary/aromatic N) is 2. The number of likely N-dealkylation sites (N-methyl/N-ethyl adjacent to an activating group) is 1. The number of aromatic nitrogens is 1. The first kappa shape index (κ1) is 19.5. The minimum Gasteiger partial charge on any atom is -0.355 e.